The van der Waals surface area contributed by atoms with Gasteiger partial charge in [0.25, 0.3) is 5.56 Å². The number of aliphatic hydroxyl groups excluding tert-OH is 2. The molecule has 9 heteroatoms. The third-order valence-electron chi connectivity index (χ3n) is 3.84. The lowest BCUT2D eigenvalue weighted by atomic mass is 10.2. The highest BCUT2D eigenvalue weighted by Crippen LogP contribution is 2.29. The van der Waals surface area contributed by atoms with Crippen LogP contribution in [0.15, 0.2) is 27.3 Å². The van der Waals surface area contributed by atoms with E-state index in [2.05, 4.69) is 10.3 Å². The van der Waals surface area contributed by atoms with Gasteiger partial charge >= 0.3 is 5.69 Å². The molecule has 2 rings (SSSR count). The first kappa shape index (κ1) is 18.2. The van der Waals surface area contributed by atoms with E-state index in [4.69, 9.17) is 15.6 Å². The van der Waals surface area contributed by atoms with E-state index in [-0.39, 0.29) is 17.9 Å². The zero-order valence-corrected chi connectivity index (χ0v) is 13.5. The largest absolute Gasteiger partial charge is 0.508 e. The molecule has 0 saturated carbocycles. The molecule has 0 fully saturated rings. The number of aromatic amines is 1. The van der Waals surface area contributed by atoms with Crippen LogP contribution < -0.4 is 22.3 Å². The van der Waals surface area contributed by atoms with Gasteiger partial charge in [0.15, 0.2) is 12.0 Å². The second-order valence-corrected chi connectivity index (χ2v) is 5.65. The Kier molecular flexibility index (Phi) is 6.59. The van der Waals surface area contributed by atoms with Crippen molar-refractivity contribution in [2.45, 2.75) is 38.5 Å². The SMILES string of the molecule is NCCCCCNCc1cn([C@H]2CC(O)=C(CO)O2)c(=O)[nH]c1=O. The number of hydrogen-bond acceptors (Lipinski definition) is 7. The molecule has 0 radical (unpaired) electrons. The molecule has 2 heterocycles. The van der Waals surface area contributed by atoms with Crippen molar-refractivity contribution in [3.05, 3.63) is 44.1 Å². The number of hydrogen-bond donors (Lipinski definition) is 5. The Hall–Kier alpha value is -2.10. The second-order valence-electron chi connectivity index (χ2n) is 5.65. The average molecular weight is 340 g/mol. The summed E-state index contributed by atoms with van der Waals surface area (Å²) < 4.78 is 6.56. The van der Waals surface area contributed by atoms with Crippen molar-refractivity contribution in [3.63, 3.8) is 0 Å². The Labute approximate surface area is 138 Å². The lowest BCUT2D eigenvalue weighted by Gasteiger charge is -2.15. The fraction of sp³-hybridized carbons (Fsp3) is 0.600. The number of nitrogens with two attached hydrogens (primary N) is 1. The third kappa shape index (κ3) is 4.47. The Morgan fingerprint density at radius 3 is 2.83 bits per heavy atom. The van der Waals surface area contributed by atoms with Gasteiger partial charge in [-0.25, -0.2) is 4.79 Å². The van der Waals surface area contributed by atoms with E-state index in [1.54, 1.807) is 0 Å². The predicted octanol–water partition coefficient (Wildman–Crippen LogP) is -0.564. The number of ether oxygens (including phenoxy) is 1. The highest BCUT2D eigenvalue weighted by Gasteiger charge is 2.27. The molecule has 1 aliphatic heterocycles. The molecule has 0 unspecified atom stereocenters. The third-order valence-corrected chi connectivity index (χ3v) is 3.84. The second kappa shape index (κ2) is 8.67. The van der Waals surface area contributed by atoms with Gasteiger partial charge in [0.2, 0.25) is 0 Å². The summed E-state index contributed by atoms with van der Waals surface area (Å²) in [5, 5.41) is 21.9. The Morgan fingerprint density at radius 2 is 2.17 bits per heavy atom. The zero-order valence-electron chi connectivity index (χ0n) is 13.5. The van der Waals surface area contributed by atoms with Crippen molar-refractivity contribution in [1.29, 1.82) is 0 Å². The standard InChI is InChI=1S/C15H24N4O5/c16-4-2-1-3-5-17-7-10-8-19(15(23)18-14(10)22)13-6-11(21)12(9-20)24-13/h8,13,17,20-21H,1-7,9,16H2,(H,18,22,23)/t13-/m1/s1. The maximum absolute atomic E-state index is 12.0. The topological polar surface area (TPSA) is 143 Å². The van der Waals surface area contributed by atoms with E-state index in [1.165, 1.54) is 10.8 Å². The summed E-state index contributed by atoms with van der Waals surface area (Å²) in [5.41, 5.74) is 4.75. The molecule has 0 amide bonds. The lowest BCUT2D eigenvalue weighted by molar-refractivity contribution is 0.0589. The van der Waals surface area contributed by atoms with E-state index >= 15 is 0 Å². The summed E-state index contributed by atoms with van der Waals surface area (Å²) in [4.78, 5) is 26.1. The van der Waals surface area contributed by atoms with Gasteiger partial charge < -0.3 is 26.0 Å². The summed E-state index contributed by atoms with van der Waals surface area (Å²) in [6.45, 7) is 1.28. The van der Waals surface area contributed by atoms with Crippen LogP contribution in [0.5, 0.6) is 0 Å². The number of nitrogens with zero attached hydrogens (tertiary/aromatic N) is 1. The van der Waals surface area contributed by atoms with Gasteiger partial charge in [0.05, 0.1) is 6.42 Å². The molecule has 9 nitrogen and oxygen atoms in total. The summed E-state index contributed by atoms with van der Waals surface area (Å²) in [7, 11) is 0. The monoisotopic (exact) mass is 340 g/mol. The molecule has 0 spiro atoms. The predicted molar refractivity (Wildman–Crippen MR) is 87.4 cm³/mol. The number of nitrogens with one attached hydrogen (secondary N) is 2. The van der Waals surface area contributed by atoms with Gasteiger partial charge in [0.1, 0.15) is 12.4 Å². The van der Waals surface area contributed by atoms with Crippen molar-refractivity contribution >= 4 is 0 Å². The minimum atomic E-state index is -0.778. The van der Waals surface area contributed by atoms with E-state index < -0.39 is 24.1 Å². The normalized spacial score (nSPS) is 17.3. The number of rotatable bonds is 9. The molecule has 0 saturated heterocycles. The van der Waals surface area contributed by atoms with Gasteiger partial charge in [0, 0.05) is 18.3 Å². The Morgan fingerprint density at radius 1 is 1.38 bits per heavy atom. The Bertz CT molecular complexity index is 694. The quantitative estimate of drug-likeness (QED) is 0.379. The molecule has 1 aromatic rings. The molecule has 6 N–H and O–H groups in total. The molecular formula is C15H24N4O5. The van der Waals surface area contributed by atoms with Gasteiger partial charge in [-0.1, -0.05) is 6.42 Å². The van der Waals surface area contributed by atoms with Crippen LogP contribution in [-0.4, -0.2) is 39.5 Å². The van der Waals surface area contributed by atoms with Crippen LogP contribution in [0.4, 0.5) is 0 Å². The van der Waals surface area contributed by atoms with E-state index in [0.717, 1.165) is 25.8 Å². The van der Waals surface area contributed by atoms with Crippen LogP contribution >= 0.6 is 0 Å². The van der Waals surface area contributed by atoms with Crippen LogP contribution in [0.25, 0.3) is 0 Å². The molecule has 1 aliphatic rings. The molecule has 0 bridgehead atoms. The Balaban J connectivity index is 2.01. The summed E-state index contributed by atoms with van der Waals surface area (Å²) in [6.07, 6.45) is 3.65. The van der Waals surface area contributed by atoms with Crippen LogP contribution in [0.1, 0.15) is 37.5 Å². The highest BCUT2D eigenvalue weighted by molar-refractivity contribution is 5.10. The lowest BCUT2D eigenvalue weighted by Crippen LogP contribution is -2.35. The summed E-state index contributed by atoms with van der Waals surface area (Å²) in [6, 6.07) is 0. The van der Waals surface area contributed by atoms with E-state index in [0.29, 0.717) is 18.7 Å². The van der Waals surface area contributed by atoms with Crippen LogP contribution in [0, 0.1) is 0 Å². The van der Waals surface area contributed by atoms with Crippen molar-refractivity contribution in [2.24, 2.45) is 5.73 Å². The minimum Gasteiger partial charge on any atom is -0.508 e. The molecule has 1 aromatic heterocycles. The molecule has 134 valence electrons. The average Bonchev–Trinajstić information content (AvgIpc) is 2.93. The van der Waals surface area contributed by atoms with Gasteiger partial charge in [-0.3, -0.25) is 14.3 Å². The molecule has 24 heavy (non-hydrogen) atoms. The first-order valence-corrected chi connectivity index (χ1v) is 8.00. The maximum atomic E-state index is 12.0. The zero-order chi connectivity index (χ0) is 17.5. The smallest absolute Gasteiger partial charge is 0.331 e. The summed E-state index contributed by atoms with van der Waals surface area (Å²) >= 11 is 0. The number of aromatic nitrogens is 2. The summed E-state index contributed by atoms with van der Waals surface area (Å²) in [5.74, 6) is -0.0575. The van der Waals surface area contributed by atoms with E-state index in [1.807, 2.05) is 0 Å². The van der Waals surface area contributed by atoms with Gasteiger partial charge in [-0.2, -0.15) is 0 Å². The van der Waals surface area contributed by atoms with Crippen molar-refractivity contribution in [2.75, 3.05) is 19.7 Å². The minimum absolute atomic E-state index is 0.0395. The van der Waals surface area contributed by atoms with Gasteiger partial charge in [-0.05, 0) is 25.9 Å². The van der Waals surface area contributed by atoms with Crippen molar-refractivity contribution in [1.82, 2.24) is 14.9 Å². The molecule has 1 atom stereocenters. The fourth-order valence-electron chi connectivity index (χ4n) is 2.50. The highest BCUT2D eigenvalue weighted by atomic mass is 16.5. The molecular weight excluding hydrogens is 316 g/mol. The van der Waals surface area contributed by atoms with Crippen LogP contribution in [0.2, 0.25) is 0 Å². The number of aliphatic hydroxyl groups is 2. The van der Waals surface area contributed by atoms with Crippen molar-refractivity contribution in [3.8, 4) is 0 Å². The number of H-pyrrole nitrogens is 1. The van der Waals surface area contributed by atoms with E-state index in [9.17, 15) is 14.7 Å². The first-order valence-electron chi connectivity index (χ1n) is 8.00. The molecule has 0 aliphatic carbocycles. The number of unbranched alkanes of at least 4 members (excludes halogenated alkanes) is 2. The van der Waals surface area contributed by atoms with Gasteiger partial charge in [-0.15, -0.1) is 0 Å². The maximum Gasteiger partial charge on any atom is 0.331 e. The van der Waals surface area contributed by atoms with Crippen molar-refractivity contribution < 1.29 is 14.9 Å². The van der Waals surface area contributed by atoms with Crippen LogP contribution in [-0.2, 0) is 11.3 Å². The van der Waals surface area contributed by atoms with Crippen LogP contribution in [0.3, 0.4) is 0 Å². The first-order chi connectivity index (χ1) is 11.6. The fourth-order valence-corrected chi connectivity index (χ4v) is 2.50. The molecule has 0 aromatic carbocycles.